The third-order valence-corrected chi connectivity index (χ3v) is 0.526. The molecule has 0 heterocycles. The van der Waals surface area contributed by atoms with Crippen LogP contribution in [0.25, 0.3) is 0 Å². The van der Waals surface area contributed by atoms with Crippen molar-refractivity contribution in [3.8, 4) is 0 Å². The van der Waals surface area contributed by atoms with Crippen LogP contribution in [-0.4, -0.2) is 12.1 Å². The predicted molar refractivity (Wildman–Crippen MR) is 27.3 cm³/mol. The van der Waals surface area contributed by atoms with Crippen LogP contribution in [0.15, 0.2) is 0 Å². The molecule has 5 heteroatoms. The van der Waals surface area contributed by atoms with Gasteiger partial charge in [-0.15, -0.1) is 0 Å². The first kappa shape index (κ1) is 22.5. The number of halogens is 2. The molecule has 0 spiro atoms. The first-order valence-electron chi connectivity index (χ1n) is 2.05. The van der Waals surface area contributed by atoms with E-state index >= 15 is 0 Å². The molecule has 4 N–H and O–H groups in total. The van der Waals surface area contributed by atoms with Crippen LogP contribution in [0.5, 0.6) is 0 Å². The van der Waals surface area contributed by atoms with E-state index in [4.69, 9.17) is 11.5 Å². The van der Waals surface area contributed by atoms with Gasteiger partial charge in [-0.25, -0.2) is 0 Å². The average molecular weight is 224 g/mol. The summed E-state index contributed by atoms with van der Waals surface area (Å²) in [7, 11) is 0. The minimum absolute atomic E-state index is 0. The van der Waals surface area contributed by atoms with Gasteiger partial charge in [-0.3, -0.25) is 0 Å². The summed E-state index contributed by atoms with van der Waals surface area (Å²) in [5, 5.41) is 0. The molecule has 54 valence electrons. The molecule has 0 bridgehead atoms. The molecule has 0 aromatic rings. The van der Waals surface area contributed by atoms with Crippen molar-refractivity contribution in [3.05, 3.63) is 0 Å². The number of rotatable bonds is 1. The van der Waals surface area contributed by atoms with Crippen LogP contribution in [0, 0.1) is 0 Å². The molecule has 0 rings (SSSR count). The smallest absolute Gasteiger partial charge is 1.00 e. The Morgan fingerprint density at radius 3 is 1.33 bits per heavy atom. The fraction of sp³-hybridized carbons (Fsp3) is 1.00. The largest absolute Gasteiger partial charge is 2.00 e. The van der Waals surface area contributed by atoms with Gasteiger partial charge in [0.05, 0.1) is 0 Å². The number of nitrogens with two attached hydrogens (primary N) is 2. The molecule has 0 aliphatic rings. The summed E-state index contributed by atoms with van der Waals surface area (Å²) in [6.45, 7) is 4.34. The first-order valence-corrected chi connectivity index (χ1v) is 2.05. The van der Waals surface area contributed by atoms with E-state index in [1.165, 1.54) is 0 Å². The van der Waals surface area contributed by atoms with Crippen molar-refractivity contribution in [3.63, 3.8) is 0 Å². The zero-order chi connectivity index (χ0) is 5.21. The van der Waals surface area contributed by atoms with Crippen LogP contribution in [0.4, 0.5) is 0 Å². The standard InChI is InChI=1S/C4H12N2.2ClH.Zn/c1-4(2,6)3-5;;;/h3,5-6H2,1-2H3;2*1H;/q;;;+2/p-2. The Balaban J connectivity index is -0.0000000417. The second-order valence-corrected chi connectivity index (χ2v) is 2.19. The van der Waals surface area contributed by atoms with Crippen molar-refractivity contribution in [2.75, 3.05) is 6.54 Å². The molecule has 0 aliphatic carbocycles. The zero-order valence-electron chi connectivity index (χ0n) is 5.82. The number of hydrogen-bond donors (Lipinski definition) is 2. The molecule has 9 heavy (non-hydrogen) atoms. The third-order valence-electron chi connectivity index (χ3n) is 0.526. The van der Waals surface area contributed by atoms with E-state index in [-0.39, 0.29) is 49.8 Å². The van der Waals surface area contributed by atoms with Crippen molar-refractivity contribution >= 4 is 0 Å². The van der Waals surface area contributed by atoms with E-state index in [9.17, 15) is 0 Å². The Bertz CT molecular complexity index is 46.3. The maximum Gasteiger partial charge on any atom is 2.00 e. The van der Waals surface area contributed by atoms with Crippen molar-refractivity contribution in [1.82, 2.24) is 0 Å². The topological polar surface area (TPSA) is 52.0 Å². The van der Waals surface area contributed by atoms with Crippen LogP contribution >= 0.6 is 0 Å². The number of hydrogen-bond acceptors (Lipinski definition) is 2. The fourth-order valence-electron chi connectivity index (χ4n) is 0. The average Bonchev–Trinajstić information content (AvgIpc) is 1.35. The van der Waals surface area contributed by atoms with Gasteiger partial charge in [0.25, 0.3) is 0 Å². The van der Waals surface area contributed by atoms with Gasteiger partial charge in [-0.05, 0) is 13.8 Å². The fourth-order valence-corrected chi connectivity index (χ4v) is 0. The Morgan fingerprint density at radius 2 is 1.33 bits per heavy atom. The maximum absolute atomic E-state index is 5.41. The van der Waals surface area contributed by atoms with E-state index < -0.39 is 0 Å². The molecular weight excluding hydrogens is 212 g/mol. The molecule has 0 unspecified atom stereocenters. The Morgan fingerprint density at radius 1 is 1.22 bits per heavy atom. The van der Waals surface area contributed by atoms with Gasteiger partial charge in [-0.1, -0.05) is 0 Å². The van der Waals surface area contributed by atoms with E-state index in [1.54, 1.807) is 0 Å². The summed E-state index contributed by atoms with van der Waals surface area (Å²) < 4.78 is 0. The van der Waals surface area contributed by atoms with Crippen molar-refractivity contribution in [1.29, 1.82) is 0 Å². The van der Waals surface area contributed by atoms with Crippen molar-refractivity contribution in [2.45, 2.75) is 19.4 Å². The SMILES string of the molecule is CC(C)(N)CN.[Cl-].[Cl-].[Zn+2]. The van der Waals surface area contributed by atoms with Crippen LogP contribution in [-0.2, 0) is 19.5 Å². The van der Waals surface area contributed by atoms with Crippen LogP contribution in [0.3, 0.4) is 0 Å². The van der Waals surface area contributed by atoms with Gasteiger partial charge < -0.3 is 36.3 Å². The van der Waals surface area contributed by atoms with Gasteiger partial charge in [0.2, 0.25) is 0 Å². The van der Waals surface area contributed by atoms with Gasteiger partial charge in [0.15, 0.2) is 0 Å². The molecule has 0 saturated carbocycles. The predicted octanol–water partition coefficient (Wildman–Crippen LogP) is -6.31. The first-order chi connectivity index (χ1) is 2.56. The second kappa shape index (κ2) is 9.12. The van der Waals surface area contributed by atoms with Crippen molar-refractivity contribution < 1.29 is 44.3 Å². The summed E-state index contributed by atoms with van der Waals surface area (Å²) in [6, 6.07) is 0. The molecular formula is C4H12Cl2N2Zn. The second-order valence-electron chi connectivity index (χ2n) is 2.19. The Labute approximate surface area is 81.7 Å². The van der Waals surface area contributed by atoms with Crippen LogP contribution < -0.4 is 36.3 Å². The van der Waals surface area contributed by atoms with Crippen molar-refractivity contribution in [2.24, 2.45) is 11.5 Å². The van der Waals surface area contributed by atoms with E-state index in [2.05, 4.69) is 0 Å². The van der Waals surface area contributed by atoms with Crippen LogP contribution in [0.1, 0.15) is 13.8 Å². The molecule has 0 aromatic carbocycles. The quantitative estimate of drug-likeness (QED) is 0.436. The molecule has 0 radical (unpaired) electrons. The monoisotopic (exact) mass is 222 g/mol. The Kier molecular flexibility index (Phi) is 22.8. The molecule has 0 saturated heterocycles. The molecule has 0 aliphatic heterocycles. The third kappa shape index (κ3) is 27.2. The van der Waals surface area contributed by atoms with Crippen LogP contribution in [0.2, 0.25) is 0 Å². The summed E-state index contributed by atoms with van der Waals surface area (Å²) in [4.78, 5) is 0. The van der Waals surface area contributed by atoms with E-state index in [1.807, 2.05) is 13.8 Å². The molecule has 0 amide bonds. The molecule has 0 atom stereocenters. The van der Waals surface area contributed by atoms with E-state index in [0.717, 1.165) is 0 Å². The zero-order valence-corrected chi connectivity index (χ0v) is 10.3. The van der Waals surface area contributed by atoms with Gasteiger partial charge in [0, 0.05) is 12.1 Å². The van der Waals surface area contributed by atoms with Gasteiger partial charge >= 0.3 is 19.5 Å². The minimum atomic E-state index is -0.181. The normalized spacial score (nSPS) is 8.00. The summed E-state index contributed by atoms with van der Waals surface area (Å²) in [6.07, 6.45) is 0. The maximum atomic E-state index is 5.41. The van der Waals surface area contributed by atoms with E-state index in [0.29, 0.717) is 6.54 Å². The summed E-state index contributed by atoms with van der Waals surface area (Å²) >= 11 is 0. The Hall–Kier alpha value is 1.12. The summed E-state index contributed by atoms with van der Waals surface area (Å²) in [5.41, 5.74) is 10.4. The molecule has 0 fully saturated rings. The molecule has 0 aromatic heterocycles. The molecule has 2 nitrogen and oxygen atoms in total. The minimum Gasteiger partial charge on any atom is -1.00 e. The van der Waals surface area contributed by atoms with Gasteiger partial charge in [-0.2, -0.15) is 0 Å². The summed E-state index contributed by atoms with van der Waals surface area (Å²) in [5.74, 6) is 0. The van der Waals surface area contributed by atoms with Gasteiger partial charge in [0.1, 0.15) is 0 Å².